The second-order valence-corrected chi connectivity index (χ2v) is 6.24. The summed E-state index contributed by atoms with van der Waals surface area (Å²) in [6.45, 7) is 1.98. The molecule has 2 fully saturated rings. The maximum Gasteiger partial charge on any atom is 0.273 e. The van der Waals surface area contributed by atoms with Gasteiger partial charge < -0.3 is 15.7 Å². The van der Waals surface area contributed by atoms with Crippen molar-refractivity contribution < 1.29 is 14.7 Å². The van der Waals surface area contributed by atoms with Gasteiger partial charge in [-0.2, -0.15) is 0 Å². The van der Waals surface area contributed by atoms with E-state index in [2.05, 4.69) is 20.5 Å². The molecule has 124 valence electrons. The summed E-state index contributed by atoms with van der Waals surface area (Å²) in [7, 11) is 0. The van der Waals surface area contributed by atoms with Crippen LogP contribution < -0.4 is 10.6 Å². The number of piperidine rings is 1. The van der Waals surface area contributed by atoms with Crippen LogP contribution in [-0.2, 0) is 4.79 Å². The average molecular weight is 318 g/mol. The molecular formula is C16H22N4O3. The Bertz CT molecular complexity index is 580. The normalized spacial score (nSPS) is 19.3. The zero-order valence-electron chi connectivity index (χ0n) is 13.0. The fourth-order valence-corrected chi connectivity index (χ4v) is 2.77. The molecule has 0 radical (unpaired) electrons. The Hall–Kier alpha value is -2.15. The van der Waals surface area contributed by atoms with Crippen LogP contribution in [0.25, 0.3) is 0 Å². The first-order chi connectivity index (χ1) is 11.1. The summed E-state index contributed by atoms with van der Waals surface area (Å²) in [6.07, 6.45) is 5.25. The number of pyridine rings is 1. The molecule has 2 amide bonds. The summed E-state index contributed by atoms with van der Waals surface area (Å²) in [5.74, 6) is -0.374. The molecule has 2 aliphatic rings. The van der Waals surface area contributed by atoms with Gasteiger partial charge in [0, 0.05) is 31.4 Å². The van der Waals surface area contributed by atoms with Crippen molar-refractivity contribution in [1.29, 1.82) is 0 Å². The van der Waals surface area contributed by atoms with E-state index < -0.39 is 0 Å². The third kappa shape index (κ3) is 4.41. The molecule has 2 heterocycles. The van der Waals surface area contributed by atoms with Crippen LogP contribution in [0.1, 0.15) is 36.2 Å². The minimum absolute atomic E-state index is 0.0478. The van der Waals surface area contributed by atoms with Crippen LogP contribution in [0.2, 0.25) is 0 Å². The van der Waals surface area contributed by atoms with E-state index in [0.717, 1.165) is 38.8 Å². The van der Waals surface area contributed by atoms with E-state index in [1.165, 1.54) is 12.3 Å². The summed E-state index contributed by atoms with van der Waals surface area (Å²) in [5, 5.41) is 15.5. The number of hydrogen-bond acceptors (Lipinski definition) is 5. The van der Waals surface area contributed by atoms with Gasteiger partial charge >= 0.3 is 0 Å². The Morgan fingerprint density at radius 3 is 2.52 bits per heavy atom. The Balaban J connectivity index is 1.42. The van der Waals surface area contributed by atoms with Crippen molar-refractivity contribution in [3.05, 3.63) is 24.0 Å². The van der Waals surface area contributed by atoms with Gasteiger partial charge in [0.15, 0.2) is 5.69 Å². The molecule has 3 rings (SSSR count). The van der Waals surface area contributed by atoms with Crippen molar-refractivity contribution in [3.8, 4) is 5.75 Å². The number of nitrogens with one attached hydrogen (secondary N) is 2. The minimum Gasteiger partial charge on any atom is -0.505 e. The van der Waals surface area contributed by atoms with Crippen LogP contribution in [0.5, 0.6) is 5.75 Å². The van der Waals surface area contributed by atoms with E-state index in [4.69, 9.17) is 0 Å². The summed E-state index contributed by atoms with van der Waals surface area (Å²) in [6, 6.07) is 3.47. The molecule has 1 saturated carbocycles. The first-order valence-electron chi connectivity index (χ1n) is 8.08. The molecular weight excluding hydrogens is 296 g/mol. The lowest BCUT2D eigenvalue weighted by Crippen LogP contribution is -2.47. The van der Waals surface area contributed by atoms with E-state index in [1.54, 1.807) is 6.07 Å². The molecule has 23 heavy (non-hydrogen) atoms. The smallest absolute Gasteiger partial charge is 0.273 e. The molecule has 0 unspecified atom stereocenters. The monoisotopic (exact) mass is 318 g/mol. The first-order valence-corrected chi connectivity index (χ1v) is 8.08. The highest BCUT2D eigenvalue weighted by molar-refractivity contribution is 5.94. The molecule has 0 aromatic carbocycles. The van der Waals surface area contributed by atoms with Crippen LogP contribution in [0.3, 0.4) is 0 Å². The molecule has 0 atom stereocenters. The third-order valence-electron chi connectivity index (χ3n) is 4.23. The average Bonchev–Trinajstić information content (AvgIpc) is 3.33. The summed E-state index contributed by atoms with van der Waals surface area (Å²) < 4.78 is 0. The quantitative estimate of drug-likeness (QED) is 0.724. The largest absolute Gasteiger partial charge is 0.505 e. The van der Waals surface area contributed by atoms with Crippen LogP contribution in [-0.4, -0.2) is 58.5 Å². The molecule has 3 N–H and O–H groups in total. The molecule has 7 heteroatoms. The highest BCUT2D eigenvalue weighted by Crippen LogP contribution is 2.19. The number of aromatic hydroxyl groups is 1. The van der Waals surface area contributed by atoms with Gasteiger partial charge in [0.05, 0.1) is 6.54 Å². The highest BCUT2D eigenvalue weighted by atomic mass is 16.3. The van der Waals surface area contributed by atoms with Crippen molar-refractivity contribution in [2.45, 2.75) is 37.8 Å². The van der Waals surface area contributed by atoms with Crippen LogP contribution in [0, 0.1) is 0 Å². The molecule has 1 aliphatic carbocycles. The standard InChI is InChI=1S/C16H22N4O3/c21-13-2-1-7-17-15(13)16(23)19-12-5-8-20(9-6-12)10-14(22)18-11-3-4-11/h1-2,7,11-12,21H,3-6,8-10H2,(H,18,22)(H,19,23). The molecule has 1 aromatic heterocycles. The fraction of sp³-hybridized carbons (Fsp3) is 0.562. The van der Waals surface area contributed by atoms with E-state index in [9.17, 15) is 14.7 Å². The van der Waals surface area contributed by atoms with E-state index in [0.29, 0.717) is 12.6 Å². The lowest BCUT2D eigenvalue weighted by Gasteiger charge is -2.31. The SMILES string of the molecule is O=C(CN1CCC(NC(=O)c2ncccc2O)CC1)NC1CC1. The highest BCUT2D eigenvalue weighted by Gasteiger charge is 2.26. The van der Waals surface area contributed by atoms with Crippen molar-refractivity contribution in [3.63, 3.8) is 0 Å². The topological polar surface area (TPSA) is 94.6 Å². The van der Waals surface area contributed by atoms with E-state index in [1.807, 2.05) is 0 Å². The summed E-state index contributed by atoms with van der Waals surface area (Å²) in [5.41, 5.74) is 0.0544. The molecule has 1 saturated heterocycles. The number of nitrogens with zero attached hydrogens (tertiary/aromatic N) is 2. The molecule has 7 nitrogen and oxygen atoms in total. The number of rotatable bonds is 5. The van der Waals surface area contributed by atoms with E-state index >= 15 is 0 Å². The van der Waals surface area contributed by atoms with Gasteiger partial charge in [0.25, 0.3) is 5.91 Å². The summed E-state index contributed by atoms with van der Waals surface area (Å²) >= 11 is 0. The van der Waals surface area contributed by atoms with E-state index in [-0.39, 0.29) is 29.3 Å². The van der Waals surface area contributed by atoms with Gasteiger partial charge in [0.2, 0.25) is 5.91 Å². The van der Waals surface area contributed by atoms with Gasteiger partial charge in [-0.25, -0.2) is 4.98 Å². The maximum atomic E-state index is 12.1. The fourth-order valence-electron chi connectivity index (χ4n) is 2.77. The number of amides is 2. The predicted molar refractivity (Wildman–Crippen MR) is 84.0 cm³/mol. The molecule has 0 spiro atoms. The number of likely N-dealkylation sites (tertiary alicyclic amines) is 1. The van der Waals surface area contributed by atoms with Gasteiger partial charge in [-0.3, -0.25) is 14.5 Å². The zero-order chi connectivity index (χ0) is 16.2. The van der Waals surface area contributed by atoms with Gasteiger partial charge in [-0.1, -0.05) is 0 Å². The van der Waals surface area contributed by atoms with Crippen molar-refractivity contribution >= 4 is 11.8 Å². The van der Waals surface area contributed by atoms with Gasteiger partial charge in [-0.15, -0.1) is 0 Å². The molecule has 1 aliphatic heterocycles. The second kappa shape index (κ2) is 6.95. The Labute approximate surface area is 135 Å². The van der Waals surface area contributed by atoms with Crippen LogP contribution >= 0.6 is 0 Å². The van der Waals surface area contributed by atoms with Crippen LogP contribution in [0.4, 0.5) is 0 Å². The minimum atomic E-state index is -0.354. The lowest BCUT2D eigenvalue weighted by atomic mass is 10.0. The lowest BCUT2D eigenvalue weighted by molar-refractivity contribution is -0.122. The predicted octanol–water partition coefficient (Wildman–Crippen LogP) is 0.260. The van der Waals surface area contributed by atoms with Crippen molar-refractivity contribution in [2.75, 3.05) is 19.6 Å². The Morgan fingerprint density at radius 1 is 1.17 bits per heavy atom. The van der Waals surface area contributed by atoms with Gasteiger partial charge in [0.1, 0.15) is 5.75 Å². The number of carbonyl (C=O) groups excluding carboxylic acids is 2. The Kier molecular flexibility index (Phi) is 4.76. The van der Waals surface area contributed by atoms with Crippen molar-refractivity contribution in [1.82, 2.24) is 20.5 Å². The van der Waals surface area contributed by atoms with Crippen molar-refractivity contribution in [2.24, 2.45) is 0 Å². The first kappa shape index (κ1) is 15.7. The second-order valence-electron chi connectivity index (χ2n) is 6.24. The Morgan fingerprint density at radius 2 is 1.87 bits per heavy atom. The summed E-state index contributed by atoms with van der Waals surface area (Å²) in [4.78, 5) is 29.9. The third-order valence-corrected chi connectivity index (χ3v) is 4.23. The molecule has 1 aromatic rings. The number of carbonyl (C=O) groups is 2. The van der Waals surface area contributed by atoms with Crippen LogP contribution in [0.15, 0.2) is 18.3 Å². The number of aromatic nitrogens is 1. The van der Waals surface area contributed by atoms with Gasteiger partial charge in [-0.05, 0) is 37.8 Å². The zero-order valence-corrected chi connectivity index (χ0v) is 13.0. The molecule has 0 bridgehead atoms. The number of hydrogen-bond donors (Lipinski definition) is 3. The maximum absolute atomic E-state index is 12.1.